The smallest absolute Gasteiger partial charge is 0.333 e. The number of ether oxygens (including phenoxy) is 1. The predicted octanol–water partition coefficient (Wildman–Crippen LogP) is 1.93. The molecule has 1 unspecified atom stereocenters. The Hall–Kier alpha value is -2.31. The summed E-state index contributed by atoms with van der Waals surface area (Å²) in [6.07, 6.45) is 0.753. The molecule has 0 aliphatic rings. The molecule has 0 aromatic heterocycles. The molecule has 1 amide bonds. The Kier molecular flexibility index (Phi) is 5.76. The summed E-state index contributed by atoms with van der Waals surface area (Å²) in [6, 6.07) is 4.16. The van der Waals surface area contributed by atoms with Crippen LogP contribution in [0.2, 0.25) is 0 Å². The molecule has 0 aliphatic carbocycles. The van der Waals surface area contributed by atoms with Crippen LogP contribution in [0.4, 0.5) is 11.4 Å². The van der Waals surface area contributed by atoms with E-state index in [0.29, 0.717) is 6.61 Å². The van der Waals surface area contributed by atoms with Gasteiger partial charge in [-0.1, -0.05) is 13.0 Å². The van der Waals surface area contributed by atoms with E-state index in [0.717, 1.165) is 6.42 Å². The maximum atomic E-state index is 11.5. The lowest BCUT2D eigenvalue weighted by Gasteiger charge is -2.15. The van der Waals surface area contributed by atoms with Gasteiger partial charge in [-0.05, 0) is 25.5 Å². The topological polar surface area (TPSA) is 93.5 Å². The van der Waals surface area contributed by atoms with Gasteiger partial charge < -0.3 is 15.4 Å². The van der Waals surface area contributed by atoms with Crippen LogP contribution in [0, 0.1) is 10.1 Å². The number of nitro groups is 1. The van der Waals surface area contributed by atoms with Gasteiger partial charge in [-0.3, -0.25) is 14.9 Å². The average molecular weight is 281 g/mol. The number of nitrogens with zero attached hydrogens (tertiary/aromatic N) is 1. The second-order valence-electron chi connectivity index (χ2n) is 4.24. The molecule has 7 nitrogen and oxygen atoms in total. The lowest BCUT2D eigenvalue weighted by molar-refractivity contribution is -0.385. The average Bonchev–Trinajstić information content (AvgIpc) is 2.43. The van der Waals surface area contributed by atoms with Crippen LogP contribution in [-0.4, -0.2) is 30.5 Å². The summed E-state index contributed by atoms with van der Waals surface area (Å²) >= 11 is 0. The summed E-state index contributed by atoms with van der Waals surface area (Å²) < 4.78 is 5.37. The highest BCUT2D eigenvalue weighted by molar-refractivity contribution is 5.85. The minimum absolute atomic E-state index is 0.156. The molecule has 0 saturated carbocycles. The molecule has 0 fully saturated rings. The number of nitro benzene ring substituents is 1. The third-order valence-corrected chi connectivity index (χ3v) is 2.65. The Morgan fingerprint density at radius 2 is 2.20 bits per heavy atom. The van der Waals surface area contributed by atoms with Gasteiger partial charge in [0.2, 0.25) is 5.91 Å². The zero-order valence-electron chi connectivity index (χ0n) is 11.8. The Bertz CT molecular complexity index is 491. The third kappa shape index (κ3) is 3.84. The van der Waals surface area contributed by atoms with Crippen LogP contribution in [0.25, 0.3) is 0 Å². The standard InChI is InChI=1S/C13H19N3O4/c1-4-8-20-11-7-5-6-10(12(11)16(18)19)15-9(2)13(17)14-3/h5-7,9,15H,4,8H2,1-3H3,(H,14,17). The van der Waals surface area contributed by atoms with Gasteiger partial charge in [-0.15, -0.1) is 0 Å². The van der Waals surface area contributed by atoms with Crippen LogP contribution in [-0.2, 0) is 4.79 Å². The molecule has 0 spiro atoms. The number of carbonyl (C=O) groups is 1. The number of rotatable bonds is 7. The van der Waals surface area contributed by atoms with Gasteiger partial charge in [0.05, 0.1) is 11.5 Å². The molecule has 0 bridgehead atoms. The highest BCUT2D eigenvalue weighted by Crippen LogP contribution is 2.35. The van der Waals surface area contributed by atoms with Gasteiger partial charge in [0, 0.05) is 7.05 Å². The fraction of sp³-hybridized carbons (Fsp3) is 0.462. The summed E-state index contributed by atoms with van der Waals surface area (Å²) in [5, 5.41) is 16.5. The Labute approximate surface area is 117 Å². The Morgan fingerprint density at radius 1 is 1.50 bits per heavy atom. The van der Waals surface area contributed by atoms with Gasteiger partial charge in [0.1, 0.15) is 11.7 Å². The summed E-state index contributed by atoms with van der Waals surface area (Å²) in [7, 11) is 1.51. The molecule has 0 saturated heterocycles. The Morgan fingerprint density at radius 3 is 2.75 bits per heavy atom. The van der Waals surface area contributed by atoms with E-state index in [-0.39, 0.29) is 23.0 Å². The van der Waals surface area contributed by atoms with Crippen molar-refractivity contribution in [2.45, 2.75) is 26.3 Å². The first-order valence-corrected chi connectivity index (χ1v) is 6.39. The van der Waals surface area contributed by atoms with Crippen molar-refractivity contribution >= 4 is 17.3 Å². The summed E-state index contributed by atoms with van der Waals surface area (Å²) in [6.45, 7) is 3.94. The molecule has 20 heavy (non-hydrogen) atoms. The van der Waals surface area contributed by atoms with E-state index < -0.39 is 11.0 Å². The van der Waals surface area contributed by atoms with Crippen LogP contribution in [0.1, 0.15) is 20.3 Å². The highest BCUT2D eigenvalue weighted by atomic mass is 16.6. The van der Waals surface area contributed by atoms with Crippen molar-refractivity contribution in [1.29, 1.82) is 0 Å². The highest BCUT2D eigenvalue weighted by Gasteiger charge is 2.23. The molecule has 2 N–H and O–H groups in total. The number of anilines is 1. The number of benzene rings is 1. The second kappa shape index (κ2) is 7.32. The second-order valence-corrected chi connectivity index (χ2v) is 4.24. The number of nitrogens with one attached hydrogen (secondary N) is 2. The van der Waals surface area contributed by atoms with E-state index in [4.69, 9.17) is 4.74 Å². The molecule has 110 valence electrons. The number of para-hydroxylation sites is 1. The lowest BCUT2D eigenvalue weighted by atomic mass is 10.2. The first-order valence-electron chi connectivity index (χ1n) is 6.39. The van der Waals surface area contributed by atoms with E-state index >= 15 is 0 Å². The normalized spacial score (nSPS) is 11.6. The molecule has 0 aliphatic heterocycles. The van der Waals surface area contributed by atoms with E-state index in [9.17, 15) is 14.9 Å². The van der Waals surface area contributed by atoms with Crippen molar-refractivity contribution < 1.29 is 14.5 Å². The van der Waals surface area contributed by atoms with Crippen molar-refractivity contribution in [3.8, 4) is 5.75 Å². The van der Waals surface area contributed by atoms with Crippen LogP contribution in [0.15, 0.2) is 18.2 Å². The zero-order chi connectivity index (χ0) is 15.1. The van der Waals surface area contributed by atoms with E-state index in [1.165, 1.54) is 7.05 Å². The summed E-state index contributed by atoms with van der Waals surface area (Å²) in [4.78, 5) is 22.2. The van der Waals surface area contributed by atoms with Crippen LogP contribution < -0.4 is 15.4 Å². The fourth-order valence-corrected chi connectivity index (χ4v) is 1.67. The SMILES string of the molecule is CCCOc1cccc(NC(C)C(=O)NC)c1[N+](=O)[O-]. The van der Waals surface area contributed by atoms with Crippen LogP contribution in [0.5, 0.6) is 5.75 Å². The van der Waals surface area contributed by atoms with E-state index in [2.05, 4.69) is 10.6 Å². The number of hydrogen-bond donors (Lipinski definition) is 2. The predicted molar refractivity (Wildman–Crippen MR) is 76.0 cm³/mol. The van der Waals surface area contributed by atoms with Crippen molar-refractivity contribution in [2.75, 3.05) is 19.0 Å². The largest absolute Gasteiger partial charge is 0.487 e. The van der Waals surface area contributed by atoms with Crippen molar-refractivity contribution in [3.05, 3.63) is 28.3 Å². The molecule has 1 aromatic carbocycles. The minimum atomic E-state index is -0.583. The molecule has 1 aromatic rings. The number of likely N-dealkylation sites (N-methyl/N-ethyl adjacent to an activating group) is 1. The molecule has 1 atom stereocenters. The van der Waals surface area contributed by atoms with E-state index in [1.807, 2.05) is 6.92 Å². The van der Waals surface area contributed by atoms with Gasteiger partial charge >= 0.3 is 5.69 Å². The van der Waals surface area contributed by atoms with Crippen molar-refractivity contribution in [1.82, 2.24) is 5.32 Å². The zero-order valence-corrected chi connectivity index (χ0v) is 11.8. The minimum Gasteiger partial charge on any atom is -0.487 e. The molecule has 0 radical (unpaired) electrons. The third-order valence-electron chi connectivity index (χ3n) is 2.65. The summed E-state index contributed by atoms with van der Waals surface area (Å²) in [5.74, 6) is -0.0508. The van der Waals surface area contributed by atoms with Crippen LogP contribution in [0.3, 0.4) is 0 Å². The molecule has 7 heteroatoms. The number of carbonyl (C=O) groups excluding carboxylic acids is 1. The number of amides is 1. The monoisotopic (exact) mass is 281 g/mol. The van der Waals surface area contributed by atoms with Gasteiger partial charge in [0.25, 0.3) is 0 Å². The lowest BCUT2D eigenvalue weighted by Crippen LogP contribution is -2.35. The maximum absolute atomic E-state index is 11.5. The van der Waals surface area contributed by atoms with Gasteiger partial charge in [0.15, 0.2) is 5.75 Å². The van der Waals surface area contributed by atoms with Crippen LogP contribution >= 0.6 is 0 Å². The number of hydrogen-bond acceptors (Lipinski definition) is 5. The molecular formula is C13H19N3O4. The van der Waals surface area contributed by atoms with E-state index in [1.54, 1.807) is 25.1 Å². The summed E-state index contributed by atoms with van der Waals surface area (Å²) in [5.41, 5.74) is 0.108. The van der Waals surface area contributed by atoms with Gasteiger partial charge in [-0.25, -0.2) is 0 Å². The van der Waals surface area contributed by atoms with Crippen molar-refractivity contribution in [2.24, 2.45) is 0 Å². The molecular weight excluding hydrogens is 262 g/mol. The van der Waals surface area contributed by atoms with Crippen molar-refractivity contribution in [3.63, 3.8) is 0 Å². The van der Waals surface area contributed by atoms with Gasteiger partial charge in [-0.2, -0.15) is 0 Å². The fourth-order valence-electron chi connectivity index (χ4n) is 1.67. The molecule has 1 rings (SSSR count). The Balaban J connectivity index is 3.06. The first kappa shape index (κ1) is 15.7. The molecule has 0 heterocycles. The first-order chi connectivity index (χ1) is 9.51. The maximum Gasteiger partial charge on any atom is 0.333 e. The quantitative estimate of drug-likeness (QED) is 0.588.